The van der Waals surface area contributed by atoms with Crippen LogP contribution >= 0.6 is 9.39 Å². The highest BCUT2D eigenvalue weighted by Gasteiger charge is 2.41. The van der Waals surface area contributed by atoms with Gasteiger partial charge in [-0.2, -0.15) is 0 Å². The van der Waals surface area contributed by atoms with Gasteiger partial charge in [0.25, 0.3) is 11.8 Å². The van der Waals surface area contributed by atoms with E-state index in [0.717, 1.165) is 22.2 Å². The fourth-order valence-electron chi connectivity index (χ4n) is 4.29. The number of carbonyl (C=O) groups excluding carboxylic acids is 2. The van der Waals surface area contributed by atoms with Crippen molar-refractivity contribution in [2.24, 2.45) is 0 Å². The van der Waals surface area contributed by atoms with Gasteiger partial charge in [0.2, 0.25) is 0 Å². The van der Waals surface area contributed by atoms with E-state index in [1.54, 1.807) is 24.3 Å². The Morgan fingerprint density at radius 1 is 0.844 bits per heavy atom. The Bertz CT molecular complexity index is 1350. The minimum atomic E-state index is -0.347. The third kappa shape index (κ3) is 3.14. The first-order valence-electron chi connectivity index (χ1n) is 10.1. The van der Waals surface area contributed by atoms with E-state index >= 15 is 0 Å². The molecule has 0 radical (unpaired) electrons. The third-order valence-electron chi connectivity index (χ3n) is 5.64. The van der Waals surface area contributed by atoms with Gasteiger partial charge in [-0.3, -0.25) is 14.5 Å². The molecule has 3 heterocycles. The second-order valence-electron chi connectivity index (χ2n) is 7.42. The molecular formula is C26H24N3O2P. The SMILES string of the molecule is C=CCN1C(=O)C(c2cn(CC=C)c(C=C)c2C=C)=C(c2cn(P)c3ccccc23)C1=O. The number of imide groups is 1. The monoisotopic (exact) mass is 441 g/mol. The van der Waals surface area contributed by atoms with Crippen LogP contribution in [0.25, 0.3) is 34.2 Å². The largest absolute Gasteiger partial charge is 0.343 e. The van der Waals surface area contributed by atoms with Crippen LogP contribution in [0, 0.1) is 0 Å². The normalized spacial score (nSPS) is 13.8. The van der Waals surface area contributed by atoms with Gasteiger partial charge in [0.1, 0.15) is 0 Å². The molecule has 1 aliphatic heterocycles. The van der Waals surface area contributed by atoms with Crippen molar-refractivity contribution in [2.45, 2.75) is 6.54 Å². The number of carbonyl (C=O) groups is 2. The number of rotatable bonds is 8. The van der Waals surface area contributed by atoms with Crippen LogP contribution in [0.2, 0.25) is 0 Å². The van der Waals surface area contributed by atoms with Crippen molar-refractivity contribution in [3.8, 4) is 0 Å². The van der Waals surface area contributed by atoms with Crippen LogP contribution in [0.5, 0.6) is 0 Å². The number of allylic oxidation sites excluding steroid dienone is 1. The zero-order chi connectivity index (χ0) is 23.0. The van der Waals surface area contributed by atoms with Crippen molar-refractivity contribution in [1.82, 2.24) is 13.8 Å². The lowest BCUT2D eigenvalue weighted by Crippen LogP contribution is -2.31. The van der Waals surface area contributed by atoms with Crippen molar-refractivity contribution in [3.05, 3.63) is 97.5 Å². The van der Waals surface area contributed by atoms with Gasteiger partial charge in [-0.1, -0.05) is 49.6 Å². The average Bonchev–Trinajstić information content (AvgIpc) is 3.39. The Kier molecular flexibility index (Phi) is 5.68. The summed E-state index contributed by atoms with van der Waals surface area (Å²) in [7, 11) is 2.64. The number of hydrogen-bond donors (Lipinski definition) is 0. The molecule has 0 spiro atoms. The summed E-state index contributed by atoms with van der Waals surface area (Å²) in [6, 6.07) is 7.79. The van der Waals surface area contributed by atoms with Crippen LogP contribution in [-0.2, 0) is 16.1 Å². The summed E-state index contributed by atoms with van der Waals surface area (Å²) in [6.07, 6.45) is 10.5. The quantitative estimate of drug-likeness (QED) is 0.280. The standard InChI is InChI=1S/C26H24N3O2P/c1-5-13-27-15-19(17(7-3)21(27)8-4)23-24(26(31)28(14-6-2)25(23)30)20-16-29(32)22-12-10-9-11-18(20)22/h5-12,15-16H,1-4,13-14,32H2. The molecule has 2 aromatic heterocycles. The number of fused-ring (bicyclic) bond motifs is 1. The first-order valence-corrected chi connectivity index (χ1v) is 10.7. The summed E-state index contributed by atoms with van der Waals surface area (Å²) >= 11 is 0. The summed E-state index contributed by atoms with van der Waals surface area (Å²) in [6.45, 7) is 16.1. The number of amides is 2. The Labute approximate surface area is 189 Å². The summed E-state index contributed by atoms with van der Waals surface area (Å²) in [4.78, 5) is 28.3. The number of para-hydroxylation sites is 1. The lowest BCUT2D eigenvalue weighted by atomic mass is 9.94. The molecule has 0 saturated heterocycles. The van der Waals surface area contributed by atoms with Gasteiger partial charge in [0.15, 0.2) is 0 Å². The average molecular weight is 441 g/mol. The summed E-state index contributed by atoms with van der Waals surface area (Å²) in [5.41, 5.74) is 4.62. The maximum atomic E-state index is 13.6. The molecule has 3 aromatic rings. The van der Waals surface area contributed by atoms with E-state index in [-0.39, 0.29) is 18.4 Å². The molecule has 0 bridgehead atoms. The topological polar surface area (TPSA) is 47.2 Å². The molecule has 0 aliphatic carbocycles. The van der Waals surface area contributed by atoms with Crippen LogP contribution < -0.4 is 0 Å². The summed E-state index contributed by atoms with van der Waals surface area (Å²) in [5, 5.41) is 0.895. The van der Waals surface area contributed by atoms with E-state index in [1.807, 2.05) is 45.6 Å². The number of aromatic nitrogens is 2. The molecule has 5 nitrogen and oxygen atoms in total. The second kappa shape index (κ2) is 8.45. The van der Waals surface area contributed by atoms with Crippen molar-refractivity contribution in [3.63, 3.8) is 0 Å². The van der Waals surface area contributed by atoms with E-state index in [9.17, 15) is 9.59 Å². The van der Waals surface area contributed by atoms with Gasteiger partial charge in [-0.15, -0.1) is 13.2 Å². The Hall–Kier alpha value is -3.69. The predicted molar refractivity (Wildman–Crippen MR) is 136 cm³/mol. The van der Waals surface area contributed by atoms with Crippen molar-refractivity contribution in [1.29, 1.82) is 0 Å². The van der Waals surface area contributed by atoms with Gasteiger partial charge in [0.05, 0.1) is 16.7 Å². The predicted octanol–water partition coefficient (Wildman–Crippen LogP) is 5.02. The second-order valence-corrected chi connectivity index (χ2v) is 7.97. The summed E-state index contributed by atoms with van der Waals surface area (Å²) in [5.74, 6) is -0.683. The number of benzene rings is 1. The van der Waals surface area contributed by atoms with Crippen LogP contribution in [0.3, 0.4) is 0 Å². The molecule has 1 atom stereocenters. The molecule has 1 aliphatic rings. The van der Waals surface area contributed by atoms with E-state index in [0.29, 0.717) is 28.8 Å². The fraction of sp³-hybridized carbons (Fsp3) is 0.0769. The highest BCUT2D eigenvalue weighted by Crippen LogP contribution is 2.41. The third-order valence-corrected chi connectivity index (χ3v) is 6.07. The van der Waals surface area contributed by atoms with Gasteiger partial charge in [0, 0.05) is 53.3 Å². The van der Waals surface area contributed by atoms with Gasteiger partial charge in [-0.05, 0) is 21.5 Å². The van der Waals surface area contributed by atoms with E-state index < -0.39 is 0 Å². The zero-order valence-corrected chi connectivity index (χ0v) is 18.9. The van der Waals surface area contributed by atoms with Gasteiger partial charge >= 0.3 is 0 Å². The lowest BCUT2D eigenvalue weighted by Gasteiger charge is -2.12. The minimum absolute atomic E-state index is 0.134. The molecule has 1 aromatic carbocycles. The number of nitrogens with zero attached hydrogens (tertiary/aromatic N) is 3. The van der Waals surface area contributed by atoms with Crippen LogP contribution in [0.15, 0.2) is 75.1 Å². The van der Waals surface area contributed by atoms with Crippen molar-refractivity contribution < 1.29 is 9.59 Å². The van der Waals surface area contributed by atoms with Crippen LogP contribution in [0.1, 0.15) is 22.4 Å². The first-order chi connectivity index (χ1) is 15.5. The molecule has 0 saturated carbocycles. The van der Waals surface area contributed by atoms with E-state index in [2.05, 4.69) is 35.7 Å². The lowest BCUT2D eigenvalue weighted by molar-refractivity contribution is -0.135. The zero-order valence-electron chi connectivity index (χ0n) is 17.8. The molecule has 0 N–H and O–H groups in total. The molecule has 1 unspecified atom stereocenters. The van der Waals surface area contributed by atoms with Crippen LogP contribution in [-0.4, -0.2) is 32.2 Å². The van der Waals surface area contributed by atoms with Gasteiger partial charge in [-0.25, -0.2) is 0 Å². The Morgan fingerprint density at radius 3 is 2.12 bits per heavy atom. The maximum Gasteiger partial charge on any atom is 0.262 e. The highest BCUT2D eigenvalue weighted by molar-refractivity contribution is 7.14. The molecule has 6 heteroatoms. The molecule has 4 rings (SSSR count). The Balaban J connectivity index is 2.09. The summed E-state index contributed by atoms with van der Waals surface area (Å²) < 4.78 is 3.83. The van der Waals surface area contributed by atoms with Crippen molar-refractivity contribution in [2.75, 3.05) is 6.54 Å². The van der Waals surface area contributed by atoms with Gasteiger partial charge < -0.3 is 8.90 Å². The van der Waals surface area contributed by atoms with Crippen molar-refractivity contribution >= 4 is 55.4 Å². The molecule has 160 valence electrons. The first kappa shape index (κ1) is 21.5. The van der Waals surface area contributed by atoms with Crippen LogP contribution in [0.4, 0.5) is 0 Å². The molecule has 0 fully saturated rings. The Morgan fingerprint density at radius 2 is 1.50 bits per heavy atom. The molecular weight excluding hydrogens is 417 g/mol. The highest BCUT2D eigenvalue weighted by atomic mass is 31.0. The smallest absolute Gasteiger partial charge is 0.262 e. The minimum Gasteiger partial charge on any atom is -0.343 e. The number of hydrogen-bond acceptors (Lipinski definition) is 2. The molecule has 2 amide bonds. The maximum absolute atomic E-state index is 13.6. The van der Waals surface area contributed by atoms with E-state index in [4.69, 9.17) is 0 Å². The fourth-order valence-corrected chi connectivity index (χ4v) is 4.67. The molecule has 32 heavy (non-hydrogen) atoms. The van der Waals surface area contributed by atoms with E-state index in [1.165, 1.54) is 4.90 Å².